The summed E-state index contributed by atoms with van der Waals surface area (Å²) in [6, 6.07) is 0. The lowest BCUT2D eigenvalue weighted by molar-refractivity contribution is -0.870. The van der Waals surface area contributed by atoms with Crippen LogP contribution >= 0.6 is 0 Å². The lowest BCUT2D eigenvalue weighted by Gasteiger charge is -2.42. The Bertz CT molecular complexity index is 1030. The molecule has 23 heteroatoms. The molecule has 5 nitrogen and oxygen atoms in total. The summed E-state index contributed by atoms with van der Waals surface area (Å²) in [5.41, 5.74) is 0. The number of sulfone groups is 1. The van der Waals surface area contributed by atoms with Gasteiger partial charge < -0.3 is 9.80 Å². The Morgan fingerprint density at radius 2 is 1.00 bits per heavy atom. The van der Waals surface area contributed by atoms with Crippen molar-refractivity contribution in [1.82, 2.24) is 5.32 Å². The molecule has 0 saturated heterocycles. The van der Waals surface area contributed by atoms with E-state index in [4.69, 9.17) is 0 Å². The zero-order valence-corrected chi connectivity index (χ0v) is 21.6. The van der Waals surface area contributed by atoms with E-state index in [1.54, 1.807) is 21.1 Å². The minimum atomic E-state index is -8.77. The standard InChI is InChI=1S/C18H21F17N2O3S/c1-37(2,3)7-4-6-36-10(38)9-41(39,40)8-5-11(19,20)12(21,22)13(23,24)14(25,26)15(27,28)16(29,30)17(31,32)18(33,34)35/h4-9H2,1-3H3/p+1. The molecule has 1 amide bonds. The SMILES string of the molecule is C[N+](C)(C)CCCNC(=O)CS(=O)(=O)CCC(F)(F)C(F)(F)C(F)(F)C(F)(F)C(F)(F)C(F)(F)C(F)(F)C(F)(F)F. The van der Waals surface area contributed by atoms with Crippen molar-refractivity contribution in [3.05, 3.63) is 0 Å². The van der Waals surface area contributed by atoms with E-state index in [1.807, 2.05) is 5.32 Å². The number of nitrogens with zero attached hydrogens (tertiary/aromatic N) is 1. The third kappa shape index (κ3) is 7.59. The molecule has 0 rings (SSSR count). The summed E-state index contributed by atoms with van der Waals surface area (Å²) in [4.78, 5) is 11.6. The van der Waals surface area contributed by atoms with Crippen LogP contribution in [0.3, 0.4) is 0 Å². The molecule has 0 heterocycles. The Balaban J connectivity index is 5.99. The molecule has 0 aromatic heterocycles. The van der Waals surface area contributed by atoms with Crippen LogP contribution < -0.4 is 5.32 Å². The molecular formula is C18H22F17N2O3S+. The summed E-state index contributed by atoms with van der Waals surface area (Å²) in [6.07, 6.45) is -10.8. The van der Waals surface area contributed by atoms with Crippen molar-refractivity contribution in [1.29, 1.82) is 0 Å². The maximum absolute atomic E-state index is 13.9. The fourth-order valence-corrected chi connectivity index (χ4v) is 3.95. The number of quaternary nitrogens is 1. The van der Waals surface area contributed by atoms with E-state index in [0.717, 1.165) is 0 Å². The molecular weight excluding hydrogens is 647 g/mol. The van der Waals surface area contributed by atoms with Crippen LogP contribution in [0.15, 0.2) is 0 Å². The largest absolute Gasteiger partial charge is 0.460 e. The predicted octanol–water partition coefficient (Wildman–Crippen LogP) is 5.01. The van der Waals surface area contributed by atoms with Crippen LogP contribution in [0.25, 0.3) is 0 Å². The Kier molecular flexibility index (Phi) is 10.9. The average molecular weight is 669 g/mol. The number of alkyl halides is 17. The third-order valence-corrected chi connectivity index (χ3v) is 6.72. The molecule has 41 heavy (non-hydrogen) atoms. The normalized spacial score (nSPS) is 15.7. The Hall–Kier alpha value is -1.81. The summed E-state index contributed by atoms with van der Waals surface area (Å²) in [6.45, 7) is 0.206. The summed E-state index contributed by atoms with van der Waals surface area (Å²) in [7, 11) is -0.119. The zero-order valence-electron chi connectivity index (χ0n) is 20.7. The zero-order chi connectivity index (χ0) is 33.5. The van der Waals surface area contributed by atoms with Gasteiger partial charge in [-0.2, -0.15) is 74.6 Å². The fraction of sp³-hybridized carbons (Fsp3) is 0.944. The first-order chi connectivity index (χ1) is 17.6. The number of hydrogen-bond donors (Lipinski definition) is 1. The molecule has 0 aliphatic heterocycles. The van der Waals surface area contributed by atoms with Crippen molar-refractivity contribution >= 4 is 15.7 Å². The Labute approximate surface area is 220 Å². The van der Waals surface area contributed by atoms with Gasteiger partial charge in [0.05, 0.1) is 33.4 Å². The van der Waals surface area contributed by atoms with Gasteiger partial charge in [0.15, 0.2) is 9.84 Å². The molecule has 0 aromatic carbocycles. The topological polar surface area (TPSA) is 63.2 Å². The Morgan fingerprint density at radius 3 is 1.37 bits per heavy atom. The second-order valence-electron chi connectivity index (χ2n) is 9.71. The molecule has 0 fully saturated rings. The number of halogens is 17. The third-order valence-electron chi connectivity index (χ3n) is 5.19. The van der Waals surface area contributed by atoms with Crippen molar-refractivity contribution in [2.45, 2.75) is 60.5 Å². The molecule has 0 aliphatic carbocycles. The van der Waals surface area contributed by atoms with E-state index in [1.165, 1.54) is 0 Å². The van der Waals surface area contributed by atoms with E-state index in [-0.39, 0.29) is 13.0 Å². The highest BCUT2D eigenvalue weighted by atomic mass is 32.2. The highest BCUT2D eigenvalue weighted by molar-refractivity contribution is 7.92. The van der Waals surface area contributed by atoms with Gasteiger partial charge in [0.1, 0.15) is 5.75 Å². The highest BCUT2D eigenvalue weighted by Gasteiger charge is 2.95. The van der Waals surface area contributed by atoms with Crippen molar-refractivity contribution < 1.29 is 92.3 Å². The van der Waals surface area contributed by atoms with E-state index >= 15 is 0 Å². The number of hydrogen-bond acceptors (Lipinski definition) is 3. The van der Waals surface area contributed by atoms with Gasteiger partial charge in [-0.05, 0) is 0 Å². The minimum absolute atomic E-state index is 0.203. The predicted molar refractivity (Wildman–Crippen MR) is 104 cm³/mol. The van der Waals surface area contributed by atoms with E-state index < -0.39 is 81.3 Å². The van der Waals surface area contributed by atoms with Gasteiger partial charge in [-0.15, -0.1) is 0 Å². The first-order valence-electron chi connectivity index (χ1n) is 10.5. The molecule has 0 atom stereocenters. The van der Waals surface area contributed by atoms with Crippen LogP contribution in [-0.2, 0) is 14.6 Å². The molecule has 0 bridgehead atoms. The van der Waals surface area contributed by atoms with Gasteiger partial charge in [-0.25, -0.2) is 8.42 Å². The lowest BCUT2D eigenvalue weighted by Crippen LogP contribution is -2.74. The maximum Gasteiger partial charge on any atom is 0.460 e. The summed E-state index contributed by atoms with van der Waals surface area (Å²) in [5.74, 6) is -63.3. The van der Waals surface area contributed by atoms with Crippen LogP contribution in [0.1, 0.15) is 12.8 Å². The molecule has 0 saturated carbocycles. The first-order valence-corrected chi connectivity index (χ1v) is 12.4. The first kappa shape index (κ1) is 39.2. The van der Waals surface area contributed by atoms with Gasteiger partial charge in [-0.1, -0.05) is 0 Å². The monoisotopic (exact) mass is 669 g/mol. The summed E-state index contributed by atoms with van der Waals surface area (Å²) >= 11 is 0. The van der Waals surface area contributed by atoms with Gasteiger partial charge in [0.25, 0.3) is 0 Å². The van der Waals surface area contributed by atoms with E-state index in [0.29, 0.717) is 11.0 Å². The maximum atomic E-state index is 13.9. The average Bonchev–Trinajstić information content (AvgIpc) is 2.73. The van der Waals surface area contributed by atoms with Crippen LogP contribution in [0.2, 0.25) is 0 Å². The second-order valence-corrected chi connectivity index (χ2v) is 11.9. The van der Waals surface area contributed by atoms with Gasteiger partial charge in [0.2, 0.25) is 5.91 Å². The van der Waals surface area contributed by atoms with Gasteiger partial charge >= 0.3 is 47.6 Å². The summed E-state index contributed by atoms with van der Waals surface area (Å²) < 4.78 is 249. The van der Waals surface area contributed by atoms with E-state index in [9.17, 15) is 87.8 Å². The summed E-state index contributed by atoms with van der Waals surface area (Å²) in [5, 5.41) is 1.96. The molecule has 1 N–H and O–H groups in total. The van der Waals surface area contributed by atoms with E-state index in [2.05, 4.69) is 0 Å². The molecule has 0 aromatic rings. The molecule has 0 aliphatic rings. The second kappa shape index (κ2) is 11.4. The van der Waals surface area contributed by atoms with Crippen molar-refractivity contribution in [3.63, 3.8) is 0 Å². The molecule has 0 unspecified atom stereocenters. The number of amides is 1. The lowest BCUT2D eigenvalue weighted by atomic mass is 9.88. The fourth-order valence-electron chi connectivity index (χ4n) is 2.74. The molecule has 0 radical (unpaired) electrons. The quantitative estimate of drug-likeness (QED) is 0.152. The number of carbonyl (C=O) groups excluding carboxylic acids is 1. The van der Waals surface area contributed by atoms with Crippen molar-refractivity contribution in [3.8, 4) is 0 Å². The molecule has 246 valence electrons. The van der Waals surface area contributed by atoms with Gasteiger partial charge in [-0.3, -0.25) is 4.79 Å². The minimum Gasteiger partial charge on any atom is -0.355 e. The van der Waals surface area contributed by atoms with Crippen LogP contribution in [0, 0.1) is 0 Å². The highest BCUT2D eigenvalue weighted by Crippen LogP contribution is 2.64. The van der Waals surface area contributed by atoms with Gasteiger partial charge in [0, 0.05) is 19.4 Å². The van der Waals surface area contributed by atoms with Crippen LogP contribution in [-0.4, -0.2) is 112 Å². The van der Waals surface area contributed by atoms with Crippen molar-refractivity contribution in [2.24, 2.45) is 0 Å². The number of carbonyl (C=O) groups is 1. The smallest absolute Gasteiger partial charge is 0.355 e. The van der Waals surface area contributed by atoms with Crippen LogP contribution in [0.5, 0.6) is 0 Å². The Morgan fingerprint density at radius 1 is 0.634 bits per heavy atom. The van der Waals surface area contributed by atoms with Crippen LogP contribution in [0.4, 0.5) is 74.6 Å². The number of nitrogens with one attached hydrogen (secondary N) is 1. The number of rotatable bonds is 15. The van der Waals surface area contributed by atoms with Crippen molar-refractivity contribution in [2.75, 3.05) is 45.7 Å². The molecule has 0 spiro atoms.